The smallest absolute Gasteiger partial charge is 0.314 e. The lowest BCUT2D eigenvalue weighted by Gasteiger charge is -2.28. The highest BCUT2D eigenvalue weighted by atomic mass is 32.1. The van der Waals surface area contributed by atoms with Crippen LogP contribution in [0.1, 0.15) is 19.8 Å². The fraction of sp³-hybridized carbons (Fsp3) is 0.474. The molecule has 1 fully saturated rings. The van der Waals surface area contributed by atoms with Crippen molar-refractivity contribution in [2.75, 3.05) is 19.7 Å². The summed E-state index contributed by atoms with van der Waals surface area (Å²) in [5, 5.41) is 4.76. The van der Waals surface area contributed by atoms with Crippen LogP contribution >= 0.6 is 12.2 Å². The number of hydrogen-bond acceptors (Lipinski definition) is 5. The van der Waals surface area contributed by atoms with E-state index in [1.165, 1.54) is 4.90 Å². The van der Waals surface area contributed by atoms with Gasteiger partial charge in [0.15, 0.2) is 12.5 Å². The Morgan fingerprint density at radius 1 is 1.48 bits per heavy atom. The van der Waals surface area contributed by atoms with Crippen LogP contribution in [0.25, 0.3) is 11.4 Å². The van der Waals surface area contributed by atoms with Crippen LogP contribution < -0.4 is 4.90 Å². The third kappa shape index (κ3) is 4.51. The molecule has 1 unspecified atom stereocenters. The number of quaternary nitrogens is 1. The van der Waals surface area contributed by atoms with Gasteiger partial charge in [-0.05, 0) is 44.1 Å². The van der Waals surface area contributed by atoms with E-state index < -0.39 is 0 Å². The topological polar surface area (TPSA) is 66.4 Å². The number of esters is 1. The maximum Gasteiger partial charge on any atom is 0.314 e. The summed E-state index contributed by atoms with van der Waals surface area (Å²) >= 11 is 5.66. The van der Waals surface area contributed by atoms with Gasteiger partial charge in [-0.3, -0.25) is 14.3 Å². The molecule has 0 radical (unpaired) electrons. The molecule has 0 aliphatic carbocycles. The quantitative estimate of drug-likeness (QED) is 0.442. The number of carbonyl (C=O) groups is 1. The number of rotatable bonds is 7. The number of pyridine rings is 1. The molecule has 8 heteroatoms. The Bertz CT molecular complexity index is 846. The number of likely N-dealkylation sites (tertiary alicyclic amines) is 1. The zero-order valence-corrected chi connectivity index (χ0v) is 16.5. The highest BCUT2D eigenvalue weighted by Crippen LogP contribution is 2.17. The number of piperidine rings is 1. The van der Waals surface area contributed by atoms with Gasteiger partial charge < -0.3 is 9.64 Å². The molecular formula is C19H26N5O2S+. The summed E-state index contributed by atoms with van der Waals surface area (Å²) < 4.78 is 9.69. The van der Waals surface area contributed by atoms with Crippen molar-refractivity contribution in [3.63, 3.8) is 0 Å². The Balaban J connectivity index is 1.82. The van der Waals surface area contributed by atoms with E-state index in [1.54, 1.807) is 12.4 Å². The van der Waals surface area contributed by atoms with Crippen molar-refractivity contribution in [3.05, 3.63) is 42.0 Å². The number of hydrogen-bond donors (Lipinski definition) is 1. The molecule has 1 saturated heterocycles. The zero-order valence-electron chi connectivity index (χ0n) is 15.6. The van der Waals surface area contributed by atoms with Crippen LogP contribution in [0.5, 0.6) is 0 Å². The Hall–Kier alpha value is -2.32. The SMILES string of the molecule is C=CCn1c(-c2ccncc2)nn(C[NH+]2CCC[C@@H](C(=O)OCC)C2)c1=S. The minimum absolute atomic E-state index is 0.0437. The van der Waals surface area contributed by atoms with Gasteiger partial charge in [0.05, 0.1) is 19.7 Å². The minimum Gasteiger partial charge on any atom is -0.466 e. The maximum atomic E-state index is 12.1. The summed E-state index contributed by atoms with van der Waals surface area (Å²) in [5.41, 5.74) is 0.967. The van der Waals surface area contributed by atoms with E-state index in [9.17, 15) is 4.79 Å². The first kappa shape index (κ1) is 19.4. The molecule has 1 N–H and O–H groups in total. The van der Waals surface area contributed by atoms with Gasteiger partial charge in [0.1, 0.15) is 5.92 Å². The predicted molar refractivity (Wildman–Crippen MR) is 105 cm³/mol. The largest absolute Gasteiger partial charge is 0.466 e. The first-order valence-electron chi connectivity index (χ1n) is 9.33. The maximum absolute atomic E-state index is 12.1. The molecule has 0 bridgehead atoms. The average molecular weight is 389 g/mol. The Morgan fingerprint density at radius 2 is 2.26 bits per heavy atom. The van der Waals surface area contributed by atoms with Crippen LogP contribution in [0.3, 0.4) is 0 Å². The highest BCUT2D eigenvalue weighted by molar-refractivity contribution is 7.71. The van der Waals surface area contributed by atoms with Gasteiger partial charge in [0, 0.05) is 24.5 Å². The van der Waals surface area contributed by atoms with Gasteiger partial charge in [-0.2, -0.15) is 4.68 Å². The molecule has 0 aromatic carbocycles. The second-order valence-corrected chi connectivity index (χ2v) is 7.06. The molecule has 3 rings (SSSR count). The molecule has 0 saturated carbocycles. The molecule has 144 valence electrons. The molecule has 3 heterocycles. The molecular weight excluding hydrogens is 362 g/mol. The van der Waals surface area contributed by atoms with Crippen molar-refractivity contribution in [2.45, 2.75) is 33.0 Å². The van der Waals surface area contributed by atoms with Crippen molar-refractivity contribution >= 4 is 18.2 Å². The predicted octanol–water partition coefficient (Wildman–Crippen LogP) is 1.48. The summed E-state index contributed by atoms with van der Waals surface area (Å²) in [4.78, 5) is 17.5. The van der Waals surface area contributed by atoms with E-state index in [-0.39, 0.29) is 11.9 Å². The Morgan fingerprint density at radius 3 is 2.96 bits per heavy atom. The van der Waals surface area contributed by atoms with E-state index in [0.717, 1.165) is 37.3 Å². The molecule has 27 heavy (non-hydrogen) atoms. The van der Waals surface area contributed by atoms with Crippen molar-refractivity contribution in [3.8, 4) is 11.4 Å². The zero-order chi connectivity index (χ0) is 19.2. The molecule has 0 amide bonds. The third-order valence-corrected chi connectivity index (χ3v) is 5.22. The molecule has 7 nitrogen and oxygen atoms in total. The lowest BCUT2D eigenvalue weighted by Crippen LogP contribution is -3.13. The van der Waals surface area contributed by atoms with E-state index in [1.807, 2.05) is 34.4 Å². The van der Waals surface area contributed by atoms with E-state index in [0.29, 0.717) is 24.6 Å². The number of aromatic nitrogens is 4. The molecule has 2 aromatic rings. The van der Waals surface area contributed by atoms with Crippen LogP contribution in [-0.2, 0) is 22.7 Å². The van der Waals surface area contributed by atoms with Crippen molar-refractivity contribution in [1.29, 1.82) is 0 Å². The molecule has 1 aliphatic heterocycles. The second kappa shape index (κ2) is 9.05. The van der Waals surface area contributed by atoms with Crippen molar-refractivity contribution in [1.82, 2.24) is 19.3 Å². The summed E-state index contributed by atoms with van der Waals surface area (Å²) in [5.74, 6) is 0.673. The number of ether oxygens (including phenoxy) is 1. The Labute approximate surface area is 164 Å². The van der Waals surface area contributed by atoms with E-state index in [2.05, 4.69) is 11.6 Å². The van der Waals surface area contributed by atoms with Gasteiger partial charge in [0.2, 0.25) is 4.77 Å². The van der Waals surface area contributed by atoms with E-state index >= 15 is 0 Å². The first-order valence-corrected chi connectivity index (χ1v) is 9.74. The molecule has 2 aromatic heterocycles. The van der Waals surface area contributed by atoms with Gasteiger partial charge in [-0.25, -0.2) is 0 Å². The standard InChI is InChI=1S/C19H25N5O2S/c1-3-11-23-17(15-7-9-20-10-8-15)21-24(19(23)27)14-22-12-5-6-16(13-22)18(25)26-4-2/h3,7-10,16H,1,4-6,11-14H2,2H3/p+1/t16-/m1/s1. The summed E-state index contributed by atoms with van der Waals surface area (Å²) in [7, 11) is 0. The molecule has 2 atom stereocenters. The summed E-state index contributed by atoms with van der Waals surface area (Å²) in [6, 6.07) is 3.84. The lowest BCUT2D eigenvalue weighted by molar-refractivity contribution is -0.930. The Kier molecular flexibility index (Phi) is 6.52. The van der Waals surface area contributed by atoms with Crippen LogP contribution in [0.4, 0.5) is 0 Å². The third-order valence-electron chi connectivity index (χ3n) is 4.78. The number of nitrogens with zero attached hydrogens (tertiary/aromatic N) is 4. The molecule has 1 aliphatic rings. The number of carbonyl (C=O) groups excluding carboxylic acids is 1. The van der Waals surface area contributed by atoms with Crippen LogP contribution in [0.15, 0.2) is 37.2 Å². The van der Waals surface area contributed by atoms with Crippen molar-refractivity contribution in [2.24, 2.45) is 5.92 Å². The second-order valence-electron chi connectivity index (χ2n) is 6.69. The van der Waals surface area contributed by atoms with Crippen LogP contribution in [0, 0.1) is 10.7 Å². The van der Waals surface area contributed by atoms with Crippen LogP contribution in [0.2, 0.25) is 0 Å². The minimum atomic E-state index is -0.0899. The normalized spacial score (nSPS) is 19.6. The van der Waals surface area contributed by atoms with E-state index in [4.69, 9.17) is 22.1 Å². The summed E-state index contributed by atoms with van der Waals surface area (Å²) in [6.45, 7) is 9.08. The van der Waals surface area contributed by atoms with Gasteiger partial charge in [-0.1, -0.05) is 6.08 Å². The number of nitrogens with one attached hydrogen (secondary N) is 1. The highest BCUT2D eigenvalue weighted by Gasteiger charge is 2.30. The van der Waals surface area contributed by atoms with Gasteiger partial charge in [0.25, 0.3) is 0 Å². The first-order chi connectivity index (χ1) is 13.1. The fourth-order valence-corrected chi connectivity index (χ4v) is 3.79. The van der Waals surface area contributed by atoms with Crippen molar-refractivity contribution < 1.29 is 14.4 Å². The van der Waals surface area contributed by atoms with Gasteiger partial charge in [-0.15, -0.1) is 11.7 Å². The number of allylic oxidation sites excluding steroid dienone is 1. The lowest BCUT2D eigenvalue weighted by atomic mass is 9.99. The average Bonchev–Trinajstić information content (AvgIpc) is 2.99. The fourth-order valence-electron chi connectivity index (χ4n) is 3.52. The van der Waals surface area contributed by atoms with Crippen LogP contribution in [-0.4, -0.2) is 45.0 Å². The summed E-state index contributed by atoms with van der Waals surface area (Å²) in [6.07, 6.45) is 7.19. The molecule has 0 spiro atoms. The van der Waals surface area contributed by atoms with Gasteiger partial charge >= 0.3 is 5.97 Å². The monoisotopic (exact) mass is 388 g/mol.